The number of aliphatic hydroxyl groups excluding tert-OH is 1. The van der Waals surface area contributed by atoms with Crippen molar-refractivity contribution in [2.75, 3.05) is 0 Å². The molecule has 0 aliphatic heterocycles. The van der Waals surface area contributed by atoms with Crippen LogP contribution in [0.5, 0.6) is 11.5 Å². The highest BCUT2D eigenvalue weighted by Crippen LogP contribution is 2.33. The van der Waals surface area contributed by atoms with E-state index < -0.39 is 17.7 Å². The molecule has 0 fully saturated rings. The van der Waals surface area contributed by atoms with E-state index in [1.54, 1.807) is 0 Å². The molecule has 2 aromatic rings. The molecule has 1 unspecified atom stereocenters. The van der Waals surface area contributed by atoms with E-state index in [-0.39, 0.29) is 22.1 Å². The average molecular weight is 285 g/mol. The fraction of sp³-hybridized carbons (Fsp3) is 0.143. The maximum atomic E-state index is 13.7. The van der Waals surface area contributed by atoms with E-state index in [0.29, 0.717) is 0 Å². The molecule has 0 spiro atoms. The summed E-state index contributed by atoms with van der Waals surface area (Å²) in [4.78, 5) is 0. The van der Waals surface area contributed by atoms with Crippen LogP contribution in [0.3, 0.4) is 0 Å². The second kappa shape index (κ2) is 5.55. The minimum atomic E-state index is -0.937. The Hall–Kier alpha value is -1.65. The zero-order valence-corrected chi connectivity index (χ0v) is 10.8. The minimum absolute atomic E-state index is 0.0711. The summed E-state index contributed by atoms with van der Waals surface area (Å²) in [7, 11) is 0. The Labute approximate surface area is 114 Å². The second-order valence-corrected chi connectivity index (χ2v) is 4.42. The van der Waals surface area contributed by atoms with Crippen LogP contribution in [0.4, 0.5) is 8.78 Å². The molecular weight excluding hydrogens is 274 g/mol. The van der Waals surface area contributed by atoms with Gasteiger partial charge < -0.3 is 9.84 Å². The Kier molecular flexibility index (Phi) is 4.02. The smallest absolute Gasteiger partial charge is 0.184 e. The topological polar surface area (TPSA) is 29.5 Å². The molecule has 0 radical (unpaired) electrons. The summed E-state index contributed by atoms with van der Waals surface area (Å²) < 4.78 is 32.2. The zero-order valence-electron chi connectivity index (χ0n) is 10.0. The lowest BCUT2D eigenvalue weighted by molar-refractivity contribution is 0.195. The molecule has 100 valence electrons. The summed E-state index contributed by atoms with van der Waals surface area (Å²) in [6, 6.07) is 7.97. The average Bonchev–Trinajstić information content (AvgIpc) is 2.36. The summed E-state index contributed by atoms with van der Waals surface area (Å²) in [6.45, 7) is 1.47. The van der Waals surface area contributed by atoms with Gasteiger partial charge in [-0.25, -0.2) is 8.78 Å². The van der Waals surface area contributed by atoms with Crippen LogP contribution in [0.15, 0.2) is 36.4 Å². The van der Waals surface area contributed by atoms with Crippen molar-refractivity contribution in [3.63, 3.8) is 0 Å². The van der Waals surface area contributed by atoms with Crippen molar-refractivity contribution in [1.29, 1.82) is 0 Å². The molecule has 0 aliphatic carbocycles. The van der Waals surface area contributed by atoms with E-state index in [4.69, 9.17) is 16.3 Å². The molecule has 19 heavy (non-hydrogen) atoms. The lowest BCUT2D eigenvalue weighted by Gasteiger charge is -2.14. The van der Waals surface area contributed by atoms with Gasteiger partial charge in [-0.15, -0.1) is 0 Å². The summed E-state index contributed by atoms with van der Waals surface area (Å²) >= 11 is 5.64. The third kappa shape index (κ3) is 3.03. The molecule has 1 atom stereocenters. The molecule has 0 amide bonds. The first-order valence-corrected chi connectivity index (χ1v) is 5.96. The van der Waals surface area contributed by atoms with Crippen molar-refractivity contribution in [3.8, 4) is 11.5 Å². The van der Waals surface area contributed by atoms with Crippen LogP contribution in [0, 0.1) is 11.6 Å². The van der Waals surface area contributed by atoms with Gasteiger partial charge >= 0.3 is 0 Å². The third-order valence-corrected chi connectivity index (χ3v) is 2.85. The predicted octanol–water partition coefficient (Wildman–Crippen LogP) is 4.46. The highest BCUT2D eigenvalue weighted by molar-refractivity contribution is 6.30. The van der Waals surface area contributed by atoms with Gasteiger partial charge in [-0.2, -0.15) is 0 Å². The molecule has 2 nitrogen and oxygen atoms in total. The summed E-state index contributed by atoms with van der Waals surface area (Å²) in [5.41, 5.74) is 0.236. The van der Waals surface area contributed by atoms with Gasteiger partial charge in [-0.05, 0) is 37.3 Å². The minimum Gasteiger partial charge on any atom is -0.454 e. The number of hydrogen-bond donors (Lipinski definition) is 1. The molecule has 1 N–H and O–H groups in total. The van der Waals surface area contributed by atoms with Gasteiger partial charge in [-0.3, -0.25) is 0 Å². The van der Waals surface area contributed by atoms with Crippen LogP contribution in [0.25, 0.3) is 0 Å². The van der Waals surface area contributed by atoms with Crippen LogP contribution in [-0.2, 0) is 0 Å². The van der Waals surface area contributed by atoms with Crippen molar-refractivity contribution in [2.24, 2.45) is 0 Å². The molecule has 0 saturated carbocycles. The number of halogens is 3. The highest BCUT2D eigenvalue weighted by Gasteiger charge is 2.14. The van der Waals surface area contributed by atoms with Crippen molar-refractivity contribution in [1.82, 2.24) is 0 Å². The fourth-order valence-corrected chi connectivity index (χ4v) is 1.79. The largest absolute Gasteiger partial charge is 0.454 e. The molecule has 2 aromatic carbocycles. The van der Waals surface area contributed by atoms with Crippen LogP contribution < -0.4 is 4.74 Å². The van der Waals surface area contributed by atoms with Gasteiger partial charge in [0.05, 0.1) is 11.1 Å². The molecule has 2 rings (SSSR count). The Bertz CT molecular complexity index is 600. The van der Waals surface area contributed by atoms with Gasteiger partial charge in [0.25, 0.3) is 0 Å². The van der Waals surface area contributed by atoms with Crippen molar-refractivity contribution in [2.45, 2.75) is 13.0 Å². The van der Waals surface area contributed by atoms with E-state index in [1.165, 1.54) is 37.3 Å². The fourth-order valence-electron chi connectivity index (χ4n) is 1.62. The normalized spacial score (nSPS) is 12.3. The first-order valence-electron chi connectivity index (χ1n) is 5.58. The Morgan fingerprint density at radius 2 is 1.89 bits per heavy atom. The van der Waals surface area contributed by atoms with Crippen LogP contribution in [0.2, 0.25) is 5.02 Å². The number of ether oxygens (including phenoxy) is 1. The van der Waals surface area contributed by atoms with E-state index in [1.807, 2.05) is 0 Å². The lowest BCUT2D eigenvalue weighted by Crippen LogP contribution is -1.98. The molecule has 0 aliphatic rings. The molecule has 0 aromatic heterocycles. The molecule has 0 bridgehead atoms. The van der Waals surface area contributed by atoms with E-state index in [9.17, 15) is 13.9 Å². The number of aliphatic hydroxyl groups is 1. The summed E-state index contributed by atoms with van der Waals surface area (Å²) in [5.74, 6) is -1.11. The van der Waals surface area contributed by atoms with Gasteiger partial charge in [-0.1, -0.05) is 17.7 Å². The van der Waals surface area contributed by atoms with Crippen molar-refractivity contribution in [3.05, 3.63) is 58.6 Å². The maximum Gasteiger partial charge on any atom is 0.184 e. The Morgan fingerprint density at radius 3 is 2.58 bits per heavy atom. The molecule has 5 heteroatoms. The number of rotatable bonds is 3. The van der Waals surface area contributed by atoms with Gasteiger partial charge in [0.2, 0.25) is 0 Å². The maximum absolute atomic E-state index is 13.7. The van der Waals surface area contributed by atoms with Gasteiger partial charge in [0.1, 0.15) is 11.6 Å². The number of benzene rings is 2. The molecular formula is C14H11ClF2O2. The van der Waals surface area contributed by atoms with Crippen LogP contribution in [0.1, 0.15) is 18.6 Å². The standard InChI is InChI=1S/C14H11ClF2O2/c1-8(18)10-7-9(16)5-6-12(10)19-13-4-2-3-11(15)14(13)17/h2-8,18H,1H3. The lowest BCUT2D eigenvalue weighted by atomic mass is 10.1. The summed E-state index contributed by atoms with van der Waals surface area (Å²) in [5, 5.41) is 9.49. The van der Waals surface area contributed by atoms with Gasteiger partial charge in [0, 0.05) is 5.56 Å². The van der Waals surface area contributed by atoms with Crippen LogP contribution >= 0.6 is 11.6 Å². The number of hydrogen-bond acceptors (Lipinski definition) is 2. The highest BCUT2D eigenvalue weighted by atomic mass is 35.5. The van der Waals surface area contributed by atoms with Gasteiger partial charge in [0.15, 0.2) is 11.6 Å². The van der Waals surface area contributed by atoms with E-state index >= 15 is 0 Å². The Morgan fingerprint density at radius 1 is 1.16 bits per heavy atom. The molecule has 0 heterocycles. The van der Waals surface area contributed by atoms with E-state index in [0.717, 1.165) is 6.07 Å². The summed E-state index contributed by atoms with van der Waals surface area (Å²) in [6.07, 6.45) is -0.937. The van der Waals surface area contributed by atoms with Crippen LogP contribution in [-0.4, -0.2) is 5.11 Å². The zero-order chi connectivity index (χ0) is 14.0. The quantitative estimate of drug-likeness (QED) is 0.901. The third-order valence-electron chi connectivity index (χ3n) is 2.56. The van der Waals surface area contributed by atoms with E-state index in [2.05, 4.69) is 0 Å². The van der Waals surface area contributed by atoms with Crippen molar-refractivity contribution >= 4 is 11.6 Å². The first kappa shape index (κ1) is 13.8. The first-order chi connectivity index (χ1) is 8.99. The Balaban J connectivity index is 2.41. The van der Waals surface area contributed by atoms with Crippen molar-refractivity contribution < 1.29 is 18.6 Å². The molecule has 0 saturated heterocycles. The predicted molar refractivity (Wildman–Crippen MR) is 68.5 cm³/mol. The SMILES string of the molecule is CC(O)c1cc(F)ccc1Oc1cccc(Cl)c1F. The second-order valence-electron chi connectivity index (χ2n) is 4.01. The monoisotopic (exact) mass is 284 g/mol.